The van der Waals surface area contributed by atoms with Crippen LogP contribution in [0.25, 0.3) is 11.8 Å². The zero-order chi connectivity index (χ0) is 25.9. The van der Waals surface area contributed by atoms with Crippen molar-refractivity contribution < 1.29 is 4.74 Å². The molecule has 8 heteroatoms. The van der Waals surface area contributed by atoms with Crippen molar-refractivity contribution in [3.05, 3.63) is 83.2 Å². The number of nitrogens with two attached hydrogens (primary N) is 1. The fourth-order valence-corrected chi connectivity index (χ4v) is 5.00. The molecule has 2 aliphatic rings. The normalized spacial score (nSPS) is 19.9. The number of hydrogen-bond donors (Lipinski definition) is 1. The predicted molar refractivity (Wildman–Crippen MR) is 145 cm³/mol. The van der Waals surface area contributed by atoms with Crippen molar-refractivity contribution >= 4 is 23.2 Å². The lowest BCUT2D eigenvalue weighted by molar-refractivity contribution is 0.122. The van der Waals surface area contributed by atoms with Crippen molar-refractivity contribution in [2.24, 2.45) is 16.8 Å². The lowest BCUT2D eigenvalue weighted by atomic mass is 9.95. The molecule has 2 aromatic carbocycles. The smallest absolute Gasteiger partial charge is 0.127 e. The maximum absolute atomic E-state index is 10.1. The minimum atomic E-state index is -0.720. The molecule has 37 heavy (non-hydrogen) atoms. The second-order valence-corrected chi connectivity index (χ2v) is 9.21. The Kier molecular flexibility index (Phi) is 6.78. The SMILES string of the molecule is Cc1cc(/C=C(/C#N)C2=NN(c3ccccc3)[C@H](N)[C@@H]2C#N)c(C)n1-c1ccc(N2CCOCC2)cc1. The van der Waals surface area contributed by atoms with Gasteiger partial charge in [0.2, 0.25) is 0 Å². The Bertz CT molecular complexity index is 1420. The number of morpholine rings is 1. The van der Waals surface area contributed by atoms with E-state index in [1.807, 2.05) is 56.3 Å². The lowest BCUT2D eigenvalue weighted by Gasteiger charge is -2.29. The highest BCUT2D eigenvalue weighted by atomic mass is 16.5. The highest BCUT2D eigenvalue weighted by Crippen LogP contribution is 2.30. The van der Waals surface area contributed by atoms with Crippen molar-refractivity contribution in [3.63, 3.8) is 0 Å². The molecule has 2 aliphatic heterocycles. The summed E-state index contributed by atoms with van der Waals surface area (Å²) in [5, 5.41) is 26.2. The minimum Gasteiger partial charge on any atom is -0.378 e. The molecule has 0 bridgehead atoms. The van der Waals surface area contributed by atoms with Gasteiger partial charge in [-0.25, -0.2) is 5.01 Å². The van der Waals surface area contributed by atoms with Crippen molar-refractivity contribution in [3.8, 4) is 17.8 Å². The van der Waals surface area contributed by atoms with Gasteiger partial charge in [-0.05, 0) is 68.0 Å². The van der Waals surface area contributed by atoms with Crippen LogP contribution < -0.4 is 15.6 Å². The number of hydrazone groups is 1. The van der Waals surface area contributed by atoms with E-state index < -0.39 is 12.1 Å². The number of aryl methyl sites for hydroxylation is 1. The van der Waals surface area contributed by atoms with E-state index >= 15 is 0 Å². The summed E-state index contributed by atoms with van der Waals surface area (Å²) in [6, 6.07) is 24.5. The number of nitriles is 2. The van der Waals surface area contributed by atoms with Gasteiger partial charge in [0.15, 0.2) is 0 Å². The van der Waals surface area contributed by atoms with E-state index in [2.05, 4.69) is 51.0 Å². The van der Waals surface area contributed by atoms with Gasteiger partial charge in [0.25, 0.3) is 0 Å². The molecule has 3 aromatic rings. The molecule has 0 saturated carbocycles. The molecule has 186 valence electrons. The van der Waals surface area contributed by atoms with Crippen LogP contribution >= 0.6 is 0 Å². The highest BCUT2D eigenvalue weighted by molar-refractivity contribution is 6.11. The molecule has 8 nitrogen and oxygen atoms in total. The van der Waals surface area contributed by atoms with Gasteiger partial charge in [-0.1, -0.05) is 18.2 Å². The van der Waals surface area contributed by atoms with Crippen LogP contribution in [0.3, 0.4) is 0 Å². The quantitative estimate of drug-likeness (QED) is 0.538. The van der Waals surface area contributed by atoms with E-state index in [1.54, 1.807) is 5.01 Å². The molecular formula is C29H29N7O. The summed E-state index contributed by atoms with van der Waals surface area (Å²) < 4.78 is 7.64. The van der Waals surface area contributed by atoms with Gasteiger partial charge in [-0.3, -0.25) is 0 Å². The number of anilines is 2. The van der Waals surface area contributed by atoms with Crippen LogP contribution in [0, 0.1) is 42.4 Å². The average molecular weight is 492 g/mol. The monoisotopic (exact) mass is 491 g/mol. The standard InChI is InChI=1S/C29H29N7O/c1-20-16-22(21(2)35(20)25-10-8-24(9-11-25)34-12-14-37-15-13-34)17-23(18-30)28-27(19-31)29(32)36(33-28)26-6-4-3-5-7-26/h3-11,16-17,27,29H,12-15,32H2,1-2H3/b23-17-/t27-,29+/m1/s1. The molecule has 1 aromatic heterocycles. The highest BCUT2D eigenvalue weighted by Gasteiger charge is 2.37. The molecule has 0 unspecified atom stereocenters. The van der Waals surface area contributed by atoms with Gasteiger partial charge < -0.3 is 19.9 Å². The summed E-state index contributed by atoms with van der Waals surface area (Å²) in [5.74, 6) is -0.720. The summed E-state index contributed by atoms with van der Waals surface area (Å²) in [7, 11) is 0. The van der Waals surface area contributed by atoms with Crippen molar-refractivity contribution in [1.82, 2.24) is 4.57 Å². The van der Waals surface area contributed by atoms with Gasteiger partial charge in [0.05, 0.1) is 36.3 Å². The van der Waals surface area contributed by atoms with E-state index in [1.165, 1.54) is 5.69 Å². The molecular weight excluding hydrogens is 462 g/mol. The molecule has 2 N–H and O–H groups in total. The number of allylic oxidation sites excluding steroid dienone is 1. The third-order valence-corrected chi connectivity index (χ3v) is 6.94. The third kappa shape index (κ3) is 4.61. The van der Waals surface area contributed by atoms with Crippen molar-refractivity contribution in [1.29, 1.82) is 10.5 Å². The van der Waals surface area contributed by atoms with Crippen molar-refractivity contribution in [2.75, 3.05) is 36.2 Å². The number of rotatable bonds is 5. The maximum atomic E-state index is 10.1. The Morgan fingerprint density at radius 1 is 1.00 bits per heavy atom. The zero-order valence-corrected chi connectivity index (χ0v) is 21.0. The second kappa shape index (κ2) is 10.3. The topological polar surface area (TPSA) is 107 Å². The number of benzene rings is 2. The molecule has 2 atom stereocenters. The van der Waals surface area contributed by atoms with E-state index in [9.17, 15) is 10.5 Å². The largest absolute Gasteiger partial charge is 0.378 e. The molecule has 1 saturated heterocycles. The first kappa shape index (κ1) is 24.3. The van der Waals surface area contributed by atoms with E-state index in [0.29, 0.717) is 11.3 Å². The summed E-state index contributed by atoms with van der Waals surface area (Å²) in [4.78, 5) is 2.33. The Labute approximate surface area is 217 Å². The maximum Gasteiger partial charge on any atom is 0.127 e. The van der Waals surface area contributed by atoms with Gasteiger partial charge in [0.1, 0.15) is 18.2 Å². The number of hydrogen-bond acceptors (Lipinski definition) is 7. The Hall–Kier alpha value is -4.37. The fourth-order valence-electron chi connectivity index (χ4n) is 5.00. The number of nitrogens with zero attached hydrogens (tertiary/aromatic N) is 6. The Balaban J connectivity index is 1.47. The first-order valence-electron chi connectivity index (χ1n) is 12.3. The van der Waals surface area contributed by atoms with Gasteiger partial charge in [-0.2, -0.15) is 15.6 Å². The molecule has 5 rings (SSSR count). The summed E-state index contributed by atoms with van der Waals surface area (Å²) in [6.45, 7) is 7.37. The molecule has 1 fully saturated rings. The van der Waals surface area contributed by atoms with Crippen LogP contribution in [0.15, 0.2) is 71.3 Å². The van der Waals surface area contributed by atoms with Crippen molar-refractivity contribution in [2.45, 2.75) is 20.0 Å². The Morgan fingerprint density at radius 2 is 1.68 bits per heavy atom. The van der Waals surface area contributed by atoms with Crippen LogP contribution in [0.1, 0.15) is 17.0 Å². The van der Waals surface area contributed by atoms with Gasteiger partial charge in [0, 0.05) is 35.9 Å². The second-order valence-electron chi connectivity index (χ2n) is 9.21. The molecule has 0 aliphatic carbocycles. The van der Waals surface area contributed by atoms with Gasteiger partial charge in [-0.15, -0.1) is 0 Å². The van der Waals surface area contributed by atoms with E-state index in [4.69, 9.17) is 10.5 Å². The van der Waals surface area contributed by atoms with Crippen LogP contribution in [0.2, 0.25) is 0 Å². The summed E-state index contributed by atoms with van der Waals surface area (Å²) >= 11 is 0. The molecule has 3 heterocycles. The first-order chi connectivity index (χ1) is 18.0. The van der Waals surface area contributed by atoms with Crippen LogP contribution in [0.4, 0.5) is 11.4 Å². The molecule has 0 radical (unpaired) electrons. The first-order valence-corrected chi connectivity index (χ1v) is 12.3. The minimum absolute atomic E-state index is 0.336. The fraction of sp³-hybridized carbons (Fsp3) is 0.276. The van der Waals surface area contributed by atoms with E-state index in [0.717, 1.165) is 54.6 Å². The van der Waals surface area contributed by atoms with E-state index in [-0.39, 0.29) is 0 Å². The molecule has 0 spiro atoms. The van der Waals surface area contributed by atoms with Crippen LogP contribution in [0.5, 0.6) is 0 Å². The zero-order valence-electron chi connectivity index (χ0n) is 21.0. The number of ether oxygens (including phenoxy) is 1. The summed E-state index contributed by atoms with van der Waals surface area (Å²) in [6.07, 6.45) is 1.14. The lowest BCUT2D eigenvalue weighted by Crippen LogP contribution is -2.40. The molecule has 0 amide bonds. The third-order valence-electron chi connectivity index (χ3n) is 6.94. The Morgan fingerprint density at radius 3 is 2.32 bits per heavy atom. The average Bonchev–Trinajstić information content (AvgIpc) is 3.42. The van der Waals surface area contributed by atoms with Crippen LogP contribution in [-0.2, 0) is 4.74 Å². The predicted octanol–water partition coefficient (Wildman–Crippen LogP) is 4.14. The van der Waals surface area contributed by atoms with Gasteiger partial charge >= 0.3 is 0 Å². The summed E-state index contributed by atoms with van der Waals surface area (Å²) in [5.41, 5.74) is 13.1. The number of para-hydroxylation sites is 1. The van der Waals surface area contributed by atoms with Crippen LogP contribution in [-0.4, -0.2) is 42.7 Å². The number of aromatic nitrogens is 1.